The van der Waals surface area contributed by atoms with E-state index in [0.717, 1.165) is 36.1 Å². The predicted octanol–water partition coefficient (Wildman–Crippen LogP) is 1.46. The Morgan fingerprint density at radius 1 is 1.21 bits per heavy atom. The average molecular weight is 260 g/mol. The fourth-order valence-electron chi connectivity index (χ4n) is 1.76. The maximum Gasteiger partial charge on any atom is 0.227 e. The molecule has 0 saturated carbocycles. The molecule has 0 spiro atoms. The largest absolute Gasteiger partial charge is 0.354 e. The summed E-state index contributed by atoms with van der Waals surface area (Å²) in [5.41, 5.74) is 2.11. The number of rotatable bonds is 5. The number of nitrogens with one attached hydrogen (secondary N) is 1. The van der Waals surface area contributed by atoms with Crippen LogP contribution in [0.4, 0.5) is 11.8 Å². The molecule has 0 aliphatic carbocycles. The maximum absolute atomic E-state index is 4.57. The molecule has 19 heavy (non-hydrogen) atoms. The molecule has 0 bridgehead atoms. The maximum atomic E-state index is 4.57. The van der Waals surface area contributed by atoms with E-state index in [1.54, 1.807) is 6.20 Å². The van der Waals surface area contributed by atoms with E-state index in [4.69, 9.17) is 0 Å². The summed E-state index contributed by atoms with van der Waals surface area (Å²) in [5, 5.41) is 6.91. The molecule has 0 saturated heterocycles. The second-order valence-electron chi connectivity index (χ2n) is 4.70. The highest BCUT2D eigenvalue weighted by Gasteiger charge is 2.10. The van der Waals surface area contributed by atoms with Gasteiger partial charge in [0, 0.05) is 39.1 Å². The van der Waals surface area contributed by atoms with Crippen LogP contribution >= 0.6 is 0 Å². The number of aromatic amines is 1. The third-order valence-corrected chi connectivity index (χ3v) is 2.87. The third-order valence-electron chi connectivity index (χ3n) is 2.87. The van der Waals surface area contributed by atoms with Crippen LogP contribution in [0.2, 0.25) is 0 Å². The van der Waals surface area contributed by atoms with Gasteiger partial charge in [-0.3, -0.25) is 5.10 Å². The zero-order chi connectivity index (χ0) is 13.8. The fraction of sp³-hybridized carbons (Fsp3) is 0.462. The standard InChI is InChI=1S/C13H20N6/c1-5-10-8-12(16-13(15-10)18(2)3)19(4)9-11-6-7-14-17-11/h6-8H,5,9H2,1-4H3,(H,14,17). The van der Waals surface area contributed by atoms with E-state index in [1.807, 2.05) is 38.2 Å². The summed E-state index contributed by atoms with van der Waals surface area (Å²) in [7, 11) is 5.92. The number of aryl methyl sites for hydroxylation is 1. The van der Waals surface area contributed by atoms with E-state index in [2.05, 4.69) is 32.0 Å². The summed E-state index contributed by atoms with van der Waals surface area (Å²) in [5.74, 6) is 1.66. The molecule has 0 radical (unpaired) electrons. The van der Waals surface area contributed by atoms with Gasteiger partial charge in [0.25, 0.3) is 0 Å². The number of aromatic nitrogens is 4. The van der Waals surface area contributed by atoms with Crippen LogP contribution in [0.3, 0.4) is 0 Å². The molecule has 102 valence electrons. The minimum atomic E-state index is 0.741. The van der Waals surface area contributed by atoms with Crippen molar-refractivity contribution in [2.45, 2.75) is 19.9 Å². The molecule has 0 aliphatic rings. The molecule has 0 fully saturated rings. The van der Waals surface area contributed by atoms with E-state index in [9.17, 15) is 0 Å². The molecule has 0 atom stereocenters. The Bertz CT molecular complexity index is 520. The lowest BCUT2D eigenvalue weighted by molar-refractivity contribution is 0.836. The lowest BCUT2D eigenvalue weighted by atomic mass is 10.3. The van der Waals surface area contributed by atoms with Crippen LogP contribution in [-0.4, -0.2) is 41.3 Å². The van der Waals surface area contributed by atoms with E-state index in [0.29, 0.717) is 0 Å². The van der Waals surface area contributed by atoms with Gasteiger partial charge >= 0.3 is 0 Å². The van der Waals surface area contributed by atoms with Crippen molar-refractivity contribution < 1.29 is 0 Å². The molecule has 2 heterocycles. The molecule has 0 aliphatic heterocycles. The average Bonchev–Trinajstić information content (AvgIpc) is 2.90. The minimum Gasteiger partial charge on any atom is -0.354 e. The monoisotopic (exact) mass is 260 g/mol. The van der Waals surface area contributed by atoms with Gasteiger partial charge in [-0.15, -0.1) is 0 Å². The topological polar surface area (TPSA) is 60.9 Å². The summed E-state index contributed by atoms with van der Waals surface area (Å²) < 4.78 is 0. The molecule has 2 aromatic heterocycles. The smallest absolute Gasteiger partial charge is 0.227 e. The van der Waals surface area contributed by atoms with Gasteiger partial charge in [0.15, 0.2) is 0 Å². The normalized spacial score (nSPS) is 10.5. The van der Waals surface area contributed by atoms with Crippen molar-refractivity contribution in [3.05, 3.63) is 29.7 Å². The molecule has 0 amide bonds. The summed E-state index contributed by atoms with van der Waals surface area (Å²) >= 11 is 0. The van der Waals surface area contributed by atoms with E-state index in [1.165, 1.54) is 0 Å². The second kappa shape index (κ2) is 5.69. The molecule has 6 nitrogen and oxygen atoms in total. The van der Waals surface area contributed by atoms with Gasteiger partial charge < -0.3 is 9.80 Å². The zero-order valence-electron chi connectivity index (χ0n) is 11.9. The highest BCUT2D eigenvalue weighted by atomic mass is 15.3. The lowest BCUT2D eigenvalue weighted by Gasteiger charge is -2.20. The number of anilines is 2. The van der Waals surface area contributed by atoms with Crippen LogP contribution in [0.5, 0.6) is 0 Å². The van der Waals surface area contributed by atoms with Crippen LogP contribution in [0, 0.1) is 0 Å². The van der Waals surface area contributed by atoms with Gasteiger partial charge in [-0.1, -0.05) is 6.92 Å². The highest BCUT2D eigenvalue weighted by Crippen LogP contribution is 2.17. The van der Waals surface area contributed by atoms with Gasteiger partial charge in [-0.05, 0) is 12.5 Å². The van der Waals surface area contributed by atoms with Crippen molar-refractivity contribution in [1.82, 2.24) is 20.2 Å². The Labute approximate surface area is 113 Å². The number of hydrogen-bond donors (Lipinski definition) is 1. The van der Waals surface area contributed by atoms with Crippen LogP contribution in [0.15, 0.2) is 18.3 Å². The number of hydrogen-bond acceptors (Lipinski definition) is 5. The third kappa shape index (κ3) is 3.21. The van der Waals surface area contributed by atoms with Crippen LogP contribution in [0.1, 0.15) is 18.3 Å². The molecule has 0 aromatic carbocycles. The van der Waals surface area contributed by atoms with Gasteiger partial charge in [-0.25, -0.2) is 4.98 Å². The van der Waals surface area contributed by atoms with Crippen molar-refractivity contribution >= 4 is 11.8 Å². The Kier molecular flexibility index (Phi) is 3.99. The van der Waals surface area contributed by atoms with Crippen LogP contribution in [0.25, 0.3) is 0 Å². The highest BCUT2D eigenvalue weighted by molar-refractivity contribution is 5.45. The van der Waals surface area contributed by atoms with Crippen LogP contribution < -0.4 is 9.80 Å². The Balaban J connectivity index is 2.24. The minimum absolute atomic E-state index is 0.741. The Morgan fingerprint density at radius 2 is 2.00 bits per heavy atom. The quantitative estimate of drug-likeness (QED) is 0.882. The molecule has 6 heteroatoms. The Morgan fingerprint density at radius 3 is 2.58 bits per heavy atom. The first-order valence-corrected chi connectivity index (χ1v) is 6.34. The van der Waals surface area contributed by atoms with Crippen LogP contribution in [-0.2, 0) is 13.0 Å². The van der Waals surface area contributed by atoms with Crippen molar-refractivity contribution in [3.8, 4) is 0 Å². The zero-order valence-corrected chi connectivity index (χ0v) is 11.9. The van der Waals surface area contributed by atoms with Crippen molar-refractivity contribution in [1.29, 1.82) is 0 Å². The van der Waals surface area contributed by atoms with Gasteiger partial charge in [0.2, 0.25) is 5.95 Å². The molecule has 0 unspecified atom stereocenters. The molecular formula is C13H20N6. The first-order chi connectivity index (χ1) is 9.10. The summed E-state index contributed by atoms with van der Waals surface area (Å²) in [4.78, 5) is 13.1. The summed E-state index contributed by atoms with van der Waals surface area (Å²) in [6.45, 7) is 2.84. The molecule has 1 N–H and O–H groups in total. The first-order valence-electron chi connectivity index (χ1n) is 6.34. The van der Waals surface area contributed by atoms with Gasteiger partial charge in [-0.2, -0.15) is 10.1 Å². The number of nitrogens with zero attached hydrogens (tertiary/aromatic N) is 5. The fourth-order valence-corrected chi connectivity index (χ4v) is 1.76. The SMILES string of the molecule is CCc1cc(N(C)Cc2ccn[nH]2)nc(N(C)C)n1. The molecular weight excluding hydrogens is 240 g/mol. The Hall–Kier alpha value is -2.11. The van der Waals surface area contributed by atoms with Gasteiger partial charge in [0.05, 0.1) is 12.2 Å². The summed E-state index contributed by atoms with van der Waals surface area (Å²) in [6, 6.07) is 3.99. The lowest BCUT2D eigenvalue weighted by Crippen LogP contribution is -2.21. The van der Waals surface area contributed by atoms with Crippen molar-refractivity contribution in [3.63, 3.8) is 0 Å². The van der Waals surface area contributed by atoms with Crippen molar-refractivity contribution in [2.24, 2.45) is 0 Å². The molecule has 2 aromatic rings. The first kappa shape index (κ1) is 13.3. The number of H-pyrrole nitrogens is 1. The van der Waals surface area contributed by atoms with E-state index in [-0.39, 0.29) is 0 Å². The summed E-state index contributed by atoms with van der Waals surface area (Å²) in [6.07, 6.45) is 2.65. The van der Waals surface area contributed by atoms with Gasteiger partial charge in [0.1, 0.15) is 5.82 Å². The second-order valence-corrected chi connectivity index (χ2v) is 4.70. The predicted molar refractivity (Wildman–Crippen MR) is 76.4 cm³/mol. The van der Waals surface area contributed by atoms with Crippen molar-refractivity contribution in [2.75, 3.05) is 30.9 Å². The van der Waals surface area contributed by atoms with E-state index < -0.39 is 0 Å². The van der Waals surface area contributed by atoms with E-state index >= 15 is 0 Å². The molecule has 2 rings (SSSR count).